The highest BCUT2D eigenvalue weighted by molar-refractivity contribution is 5.85. The molecule has 0 bridgehead atoms. The third-order valence-corrected chi connectivity index (χ3v) is 2.78. The van der Waals surface area contributed by atoms with Crippen molar-refractivity contribution in [1.29, 1.82) is 0 Å². The molecule has 1 saturated carbocycles. The molecule has 0 aromatic rings. The van der Waals surface area contributed by atoms with Crippen molar-refractivity contribution in [3.63, 3.8) is 0 Å². The summed E-state index contributed by atoms with van der Waals surface area (Å²) in [6.45, 7) is 0.524. The number of piperidine rings is 1. The van der Waals surface area contributed by atoms with Gasteiger partial charge in [-0.25, -0.2) is 0 Å². The third kappa shape index (κ3) is 1.21. The lowest BCUT2D eigenvalue weighted by Gasteiger charge is -2.26. The van der Waals surface area contributed by atoms with Crippen LogP contribution in [0.25, 0.3) is 0 Å². The predicted molar refractivity (Wildman–Crippen MR) is 41.4 cm³/mol. The molecule has 1 nitrogen and oxygen atoms in total. The van der Waals surface area contributed by atoms with Gasteiger partial charge in [-0.05, 0) is 31.7 Å². The monoisotopic (exact) mass is 201 g/mol. The van der Waals surface area contributed by atoms with E-state index in [1.165, 1.54) is 0 Å². The first kappa shape index (κ1) is 10.1. The minimum atomic E-state index is -4.03. The zero-order chi connectivity index (χ0) is 8.11. The Morgan fingerprint density at radius 3 is 2.42 bits per heavy atom. The van der Waals surface area contributed by atoms with Crippen LogP contribution in [-0.2, 0) is 0 Å². The van der Waals surface area contributed by atoms with Crippen LogP contribution in [0, 0.1) is 5.92 Å². The number of hydrogen-bond acceptors (Lipinski definition) is 1. The highest BCUT2D eigenvalue weighted by Crippen LogP contribution is 2.57. The Morgan fingerprint density at radius 2 is 2.00 bits per heavy atom. The van der Waals surface area contributed by atoms with Crippen molar-refractivity contribution < 1.29 is 13.2 Å². The van der Waals surface area contributed by atoms with Gasteiger partial charge in [-0.1, -0.05) is 0 Å². The molecule has 1 aliphatic carbocycles. The first-order valence-electron chi connectivity index (χ1n) is 3.88. The molecule has 5 heteroatoms. The summed E-state index contributed by atoms with van der Waals surface area (Å²) in [6.07, 6.45) is -2.09. The smallest absolute Gasteiger partial charge is 0.303 e. The Hall–Kier alpha value is 0.0400. The Labute approximate surface area is 75.1 Å². The van der Waals surface area contributed by atoms with Gasteiger partial charge in [-0.3, -0.25) is 0 Å². The molecule has 2 fully saturated rings. The zero-order valence-electron chi connectivity index (χ0n) is 6.45. The normalized spacial score (nSPS) is 39.8. The lowest BCUT2D eigenvalue weighted by molar-refractivity contribution is -0.172. The van der Waals surface area contributed by atoms with Crippen molar-refractivity contribution in [3.05, 3.63) is 0 Å². The Bertz CT molecular complexity index is 182. The molecule has 1 N–H and O–H groups in total. The summed E-state index contributed by atoms with van der Waals surface area (Å²) in [7, 11) is 0. The topological polar surface area (TPSA) is 12.0 Å². The number of halogens is 4. The second-order valence-corrected chi connectivity index (χ2v) is 3.44. The van der Waals surface area contributed by atoms with E-state index in [4.69, 9.17) is 0 Å². The van der Waals surface area contributed by atoms with E-state index < -0.39 is 11.7 Å². The van der Waals surface area contributed by atoms with Crippen molar-refractivity contribution in [3.8, 4) is 0 Å². The van der Waals surface area contributed by atoms with Crippen LogP contribution in [0.3, 0.4) is 0 Å². The van der Waals surface area contributed by atoms with Crippen LogP contribution in [0.15, 0.2) is 0 Å². The summed E-state index contributed by atoms with van der Waals surface area (Å²) < 4.78 is 36.9. The maximum atomic E-state index is 12.3. The predicted octanol–water partition coefficient (Wildman–Crippen LogP) is 2.11. The van der Waals surface area contributed by atoms with Crippen molar-refractivity contribution in [2.45, 2.75) is 31.0 Å². The number of fused-ring (bicyclic) bond motifs is 1. The molecule has 0 amide bonds. The van der Waals surface area contributed by atoms with Crippen LogP contribution in [-0.4, -0.2) is 18.3 Å². The SMILES string of the molecule is Cl.FC(F)(F)[C@]12C[C@H]1CCCN2. The van der Waals surface area contributed by atoms with Gasteiger partial charge in [0.1, 0.15) is 5.54 Å². The molecule has 1 saturated heterocycles. The van der Waals surface area contributed by atoms with Crippen LogP contribution in [0.1, 0.15) is 19.3 Å². The standard InChI is InChI=1S/C7H10F3N.ClH/c8-7(9,10)6-4-5(6)2-1-3-11-6;/h5,11H,1-4H2;1H/t5-,6+;/m1./s1. The van der Waals surface area contributed by atoms with Gasteiger partial charge in [0.15, 0.2) is 0 Å². The number of hydrogen-bond donors (Lipinski definition) is 1. The van der Waals surface area contributed by atoms with E-state index in [-0.39, 0.29) is 18.3 Å². The molecule has 2 atom stereocenters. The van der Waals surface area contributed by atoms with Gasteiger partial charge in [0.05, 0.1) is 0 Å². The van der Waals surface area contributed by atoms with E-state index >= 15 is 0 Å². The van der Waals surface area contributed by atoms with E-state index in [0.29, 0.717) is 13.0 Å². The number of nitrogens with one attached hydrogen (secondary N) is 1. The van der Waals surface area contributed by atoms with E-state index in [1.807, 2.05) is 0 Å². The Kier molecular flexibility index (Phi) is 2.34. The summed E-state index contributed by atoms with van der Waals surface area (Å²) in [4.78, 5) is 0. The average molecular weight is 202 g/mol. The summed E-state index contributed by atoms with van der Waals surface area (Å²) >= 11 is 0. The summed E-state index contributed by atoms with van der Waals surface area (Å²) in [6, 6.07) is 0. The van der Waals surface area contributed by atoms with E-state index in [0.717, 1.165) is 12.8 Å². The fraction of sp³-hybridized carbons (Fsp3) is 1.00. The number of rotatable bonds is 0. The highest BCUT2D eigenvalue weighted by Gasteiger charge is 2.70. The lowest BCUT2D eigenvalue weighted by atomic mass is 10.1. The minimum Gasteiger partial charge on any atom is -0.303 e. The van der Waals surface area contributed by atoms with Crippen molar-refractivity contribution >= 4 is 12.4 Å². The molecular weight excluding hydrogens is 191 g/mol. The molecule has 2 rings (SSSR count). The van der Waals surface area contributed by atoms with Crippen LogP contribution >= 0.6 is 12.4 Å². The molecule has 0 spiro atoms. The van der Waals surface area contributed by atoms with Gasteiger partial charge in [-0.15, -0.1) is 12.4 Å². The fourth-order valence-corrected chi connectivity index (χ4v) is 2.00. The fourth-order valence-electron chi connectivity index (χ4n) is 2.00. The van der Waals surface area contributed by atoms with Gasteiger partial charge < -0.3 is 5.32 Å². The van der Waals surface area contributed by atoms with Crippen molar-refractivity contribution in [1.82, 2.24) is 5.32 Å². The van der Waals surface area contributed by atoms with Crippen molar-refractivity contribution in [2.24, 2.45) is 5.92 Å². The molecule has 0 aromatic heterocycles. The summed E-state index contributed by atoms with van der Waals surface area (Å²) in [5, 5.41) is 2.58. The molecule has 0 radical (unpaired) electrons. The van der Waals surface area contributed by atoms with Crippen LogP contribution in [0.4, 0.5) is 13.2 Å². The highest BCUT2D eigenvalue weighted by atomic mass is 35.5. The Morgan fingerprint density at radius 1 is 1.33 bits per heavy atom. The molecule has 2 aliphatic rings. The lowest BCUT2D eigenvalue weighted by Crippen LogP contribution is -2.49. The summed E-state index contributed by atoms with van der Waals surface area (Å²) in [5.74, 6) is -0.128. The maximum Gasteiger partial charge on any atom is 0.406 e. The molecule has 1 aliphatic heterocycles. The first-order chi connectivity index (χ1) is 5.06. The van der Waals surface area contributed by atoms with Gasteiger partial charge >= 0.3 is 6.18 Å². The van der Waals surface area contributed by atoms with Gasteiger partial charge in [0.2, 0.25) is 0 Å². The molecule has 12 heavy (non-hydrogen) atoms. The number of alkyl halides is 3. The van der Waals surface area contributed by atoms with Crippen LogP contribution in [0.2, 0.25) is 0 Å². The average Bonchev–Trinajstić information content (AvgIpc) is 2.59. The summed E-state index contributed by atoms with van der Waals surface area (Å²) in [5.41, 5.74) is -1.47. The van der Waals surface area contributed by atoms with Gasteiger partial charge in [0.25, 0.3) is 0 Å². The van der Waals surface area contributed by atoms with Crippen LogP contribution < -0.4 is 5.32 Å². The molecular formula is C7H11ClF3N. The molecule has 1 heterocycles. The second kappa shape index (κ2) is 2.77. The third-order valence-electron chi connectivity index (χ3n) is 2.78. The zero-order valence-corrected chi connectivity index (χ0v) is 7.26. The van der Waals surface area contributed by atoms with E-state index in [1.54, 1.807) is 0 Å². The van der Waals surface area contributed by atoms with Crippen LogP contribution in [0.5, 0.6) is 0 Å². The quantitative estimate of drug-likeness (QED) is 0.633. The maximum absolute atomic E-state index is 12.3. The molecule has 0 aromatic carbocycles. The van der Waals surface area contributed by atoms with Crippen molar-refractivity contribution in [2.75, 3.05) is 6.54 Å². The van der Waals surface area contributed by atoms with Gasteiger partial charge in [0, 0.05) is 0 Å². The largest absolute Gasteiger partial charge is 0.406 e. The molecule has 0 unspecified atom stereocenters. The Balaban J connectivity index is 0.000000720. The van der Waals surface area contributed by atoms with E-state index in [9.17, 15) is 13.2 Å². The minimum absolute atomic E-state index is 0. The van der Waals surface area contributed by atoms with Gasteiger partial charge in [-0.2, -0.15) is 13.2 Å². The van der Waals surface area contributed by atoms with E-state index in [2.05, 4.69) is 5.32 Å². The molecule has 72 valence electrons. The second-order valence-electron chi connectivity index (χ2n) is 3.44. The first-order valence-corrected chi connectivity index (χ1v) is 3.88.